The van der Waals surface area contributed by atoms with Crippen molar-refractivity contribution in [3.63, 3.8) is 0 Å². The van der Waals surface area contributed by atoms with E-state index in [4.69, 9.17) is 4.74 Å². The van der Waals surface area contributed by atoms with Crippen molar-refractivity contribution in [3.8, 4) is 0 Å². The molecule has 0 radical (unpaired) electrons. The molecule has 0 bridgehead atoms. The van der Waals surface area contributed by atoms with Crippen LogP contribution in [0, 0.1) is 0 Å². The van der Waals surface area contributed by atoms with Crippen molar-refractivity contribution in [1.29, 1.82) is 0 Å². The van der Waals surface area contributed by atoms with E-state index in [1.165, 1.54) is 244 Å². The monoisotopic (exact) mass is 876 g/mol. The van der Waals surface area contributed by atoms with Gasteiger partial charge in [0.25, 0.3) is 0 Å². The number of aliphatic hydroxyl groups excluding tert-OH is 2. The van der Waals surface area contributed by atoms with Crippen molar-refractivity contribution in [2.45, 2.75) is 321 Å². The highest BCUT2D eigenvalue weighted by atomic mass is 16.5. The molecule has 62 heavy (non-hydrogen) atoms. The van der Waals surface area contributed by atoms with Crippen LogP contribution in [0.1, 0.15) is 309 Å². The average molecular weight is 876 g/mol. The lowest BCUT2D eigenvalue weighted by Crippen LogP contribution is -2.45. The van der Waals surface area contributed by atoms with Crippen LogP contribution in [0.5, 0.6) is 0 Å². The second-order valence-corrected chi connectivity index (χ2v) is 19.3. The van der Waals surface area contributed by atoms with Gasteiger partial charge in [0.1, 0.15) is 0 Å². The maximum Gasteiger partial charge on any atom is 0.305 e. The number of aliphatic hydroxyl groups is 2. The van der Waals surface area contributed by atoms with Gasteiger partial charge in [-0.15, -0.1) is 0 Å². The van der Waals surface area contributed by atoms with Crippen LogP contribution in [-0.2, 0) is 14.3 Å². The van der Waals surface area contributed by atoms with Gasteiger partial charge in [0.05, 0.1) is 25.4 Å². The van der Waals surface area contributed by atoms with E-state index >= 15 is 0 Å². The zero-order valence-corrected chi connectivity index (χ0v) is 41.9. The summed E-state index contributed by atoms with van der Waals surface area (Å²) in [6, 6.07) is -0.630. The standard InChI is InChI=1S/C56H109NO5/c1-3-5-7-9-11-13-15-17-24-28-32-36-40-44-48-54(59)53(52-58)57-55(60)49-45-41-37-33-29-25-22-20-19-21-23-27-31-35-39-43-47-51-62-56(61)50-46-42-38-34-30-26-18-16-14-12-10-8-6-4-2/h44,48,53-54,58-59H,3-43,45-47,49-52H2,1-2H3,(H,57,60)/b48-44+. The number of esters is 1. The highest BCUT2D eigenvalue weighted by molar-refractivity contribution is 5.76. The Morgan fingerprint density at radius 3 is 1.10 bits per heavy atom. The molecule has 6 heteroatoms. The molecule has 0 aromatic heterocycles. The minimum Gasteiger partial charge on any atom is -0.466 e. The van der Waals surface area contributed by atoms with Crippen LogP contribution in [0.2, 0.25) is 0 Å². The summed E-state index contributed by atoms with van der Waals surface area (Å²) in [5.74, 6) is -0.0649. The third-order valence-electron chi connectivity index (χ3n) is 13.1. The van der Waals surface area contributed by atoms with Gasteiger partial charge in [-0.25, -0.2) is 0 Å². The first kappa shape index (κ1) is 60.6. The Labute approximate surface area is 387 Å². The SMILES string of the molecule is CCCCCCCCCCCCCC/C=C/C(O)C(CO)NC(=O)CCCCCCCCCCCCCCCCCCCOC(=O)CCCCCCCCCCCCCCCC. The number of hydrogen-bond donors (Lipinski definition) is 3. The fourth-order valence-electron chi connectivity index (χ4n) is 8.75. The molecule has 0 saturated heterocycles. The van der Waals surface area contributed by atoms with Crippen LogP contribution in [0.3, 0.4) is 0 Å². The summed E-state index contributed by atoms with van der Waals surface area (Å²) in [6.07, 6.45) is 60.8. The van der Waals surface area contributed by atoms with Crippen LogP contribution in [0.15, 0.2) is 12.2 Å². The second-order valence-electron chi connectivity index (χ2n) is 19.3. The summed E-state index contributed by atoms with van der Waals surface area (Å²) in [5, 5.41) is 23.1. The first-order valence-corrected chi connectivity index (χ1v) is 28.0. The summed E-state index contributed by atoms with van der Waals surface area (Å²) < 4.78 is 5.47. The topological polar surface area (TPSA) is 95.9 Å². The lowest BCUT2D eigenvalue weighted by Gasteiger charge is -2.20. The zero-order valence-electron chi connectivity index (χ0n) is 41.9. The van der Waals surface area contributed by atoms with Gasteiger partial charge in [0.15, 0.2) is 0 Å². The van der Waals surface area contributed by atoms with E-state index in [0.29, 0.717) is 19.4 Å². The molecule has 0 spiro atoms. The zero-order chi connectivity index (χ0) is 45.1. The maximum atomic E-state index is 12.4. The predicted octanol–water partition coefficient (Wildman–Crippen LogP) is 16.9. The number of ether oxygens (including phenoxy) is 1. The van der Waals surface area contributed by atoms with Gasteiger partial charge >= 0.3 is 5.97 Å². The minimum absolute atomic E-state index is 0.00701. The summed E-state index contributed by atoms with van der Waals surface area (Å²) in [4.78, 5) is 24.5. The summed E-state index contributed by atoms with van der Waals surface area (Å²) >= 11 is 0. The van der Waals surface area contributed by atoms with Crippen LogP contribution in [0.4, 0.5) is 0 Å². The van der Waals surface area contributed by atoms with Crippen molar-refractivity contribution in [2.24, 2.45) is 0 Å². The average Bonchev–Trinajstić information content (AvgIpc) is 3.27. The number of carbonyl (C=O) groups is 2. The molecule has 1 amide bonds. The molecular weight excluding hydrogens is 767 g/mol. The summed E-state index contributed by atoms with van der Waals surface area (Å²) in [5.41, 5.74) is 0. The molecule has 0 aliphatic heterocycles. The van der Waals surface area contributed by atoms with E-state index in [1.54, 1.807) is 6.08 Å². The normalized spacial score (nSPS) is 12.6. The molecule has 2 atom stereocenters. The van der Waals surface area contributed by atoms with Crippen molar-refractivity contribution in [1.82, 2.24) is 5.32 Å². The van der Waals surface area contributed by atoms with Crippen molar-refractivity contribution in [2.75, 3.05) is 13.2 Å². The first-order valence-electron chi connectivity index (χ1n) is 28.0. The predicted molar refractivity (Wildman–Crippen MR) is 269 cm³/mol. The number of allylic oxidation sites excluding steroid dienone is 1. The fraction of sp³-hybridized carbons (Fsp3) is 0.929. The molecule has 2 unspecified atom stereocenters. The molecule has 0 aliphatic carbocycles. The van der Waals surface area contributed by atoms with E-state index in [1.807, 2.05) is 6.08 Å². The van der Waals surface area contributed by atoms with Crippen LogP contribution in [-0.4, -0.2) is 47.4 Å². The summed E-state index contributed by atoms with van der Waals surface area (Å²) in [7, 11) is 0. The van der Waals surface area contributed by atoms with E-state index in [0.717, 1.165) is 38.5 Å². The minimum atomic E-state index is -0.846. The molecule has 6 nitrogen and oxygen atoms in total. The number of carbonyl (C=O) groups excluding carboxylic acids is 2. The Balaban J connectivity index is 3.42. The number of rotatable bonds is 52. The van der Waals surface area contributed by atoms with E-state index < -0.39 is 12.1 Å². The molecular formula is C56H109NO5. The Bertz CT molecular complexity index is 924. The van der Waals surface area contributed by atoms with Crippen LogP contribution < -0.4 is 5.32 Å². The molecule has 0 aromatic rings. The highest BCUT2D eigenvalue weighted by Crippen LogP contribution is 2.17. The van der Waals surface area contributed by atoms with Gasteiger partial charge in [0.2, 0.25) is 5.91 Å². The molecule has 0 fully saturated rings. The number of nitrogens with one attached hydrogen (secondary N) is 1. The van der Waals surface area contributed by atoms with Crippen LogP contribution in [0.25, 0.3) is 0 Å². The Morgan fingerprint density at radius 2 is 0.742 bits per heavy atom. The van der Waals surface area contributed by atoms with Crippen molar-refractivity contribution >= 4 is 11.9 Å². The van der Waals surface area contributed by atoms with Crippen molar-refractivity contribution < 1.29 is 24.5 Å². The molecule has 0 aromatic carbocycles. The third kappa shape index (κ3) is 48.1. The Hall–Kier alpha value is -1.40. The van der Waals surface area contributed by atoms with Gasteiger partial charge in [-0.3, -0.25) is 9.59 Å². The lowest BCUT2D eigenvalue weighted by atomic mass is 10.0. The first-order chi connectivity index (χ1) is 30.5. The quantitative estimate of drug-likeness (QED) is 0.0321. The van der Waals surface area contributed by atoms with E-state index in [9.17, 15) is 19.8 Å². The number of hydrogen-bond acceptors (Lipinski definition) is 5. The molecule has 368 valence electrons. The fourth-order valence-corrected chi connectivity index (χ4v) is 8.75. The smallest absolute Gasteiger partial charge is 0.305 e. The van der Waals surface area contributed by atoms with Gasteiger partial charge in [-0.2, -0.15) is 0 Å². The van der Waals surface area contributed by atoms with E-state index in [-0.39, 0.29) is 18.5 Å². The van der Waals surface area contributed by atoms with Gasteiger partial charge in [0, 0.05) is 12.8 Å². The highest BCUT2D eigenvalue weighted by Gasteiger charge is 2.18. The van der Waals surface area contributed by atoms with Gasteiger partial charge in [-0.1, -0.05) is 276 Å². The molecule has 3 N–H and O–H groups in total. The van der Waals surface area contributed by atoms with Crippen molar-refractivity contribution in [3.05, 3.63) is 12.2 Å². The Kier molecular flexibility index (Phi) is 51.0. The van der Waals surface area contributed by atoms with Gasteiger partial charge < -0.3 is 20.3 Å². The Morgan fingerprint density at radius 1 is 0.435 bits per heavy atom. The largest absolute Gasteiger partial charge is 0.466 e. The summed E-state index contributed by atoms with van der Waals surface area (Å²) in [6.45, 7) is 4.91. The van der Waals surface area contributed by atoms with Crippen LogP contribution >= 0.6 is 0 Å². The van der Waals surface area contributed by atoms with Gasteiger partial charge in [-0.05, 0) is 32.1 Å². The lowest BCUT2D eigenvalue weighted by molar-refractivity contribution is -0.143. The maximum absolute atomic E-state index is 12.4. The molecule has 0 aliphatic rings. The molecule has 0 heterocycles. The molecule has 0 rings (SSSR count). The van der Waals surface area contributed by atoms with E-state index in [2.05, 4.69) is 19.2 Å². The molecule has 0 saturated carbocycles. The number of amides is 1. The third-order valence-corrected chi connectivity index (χ3v) is 13.1. The second kappa shape index (κ2) is 52.2. The number of unbranched alkanes of at least 4 members (excludes halogenated alkanes) is 41.